The number of carbonyl (C=O) groups excluding carboxylic acids is 1. The summed E-state index contributed by atoms with van der Waals surface area (Å²) in [6, 6.07) is 4.48. The first kappa shape index (κ1) is 16.6. The number of nitrogens with two attached hydrogens (primary N) is 1. The molecule has 0 radical (unpaired) electrons. The van der Waals surface area contributed by atoms with Gasteiger partial charge in [0, 0.05) is 5.92 Å². The molecule has 0 atom stereocenters. The maximum absolute atomic E-state index is 11.9. The number of primary sulfonamides is 1. The van der Waals surface area contributed by atoms with E-state index in [0.29, 0.717) is 0 Å². The molecule has 1 aromatic carbocycles. The van der Waals surface area contributed by atoms with E-state index in [1.165, 1.54) is 18.2 Å². The molecular formula is C10H15N3O5S2. The summed E-state index contributed by atoms with van der Waals surface area (Å²) in [5.74, 6) is -0.926. The summed E-state index contributed by atoms with van der Waals surface area (Å²) in [5.41, 5.74) is 2.02. The summed E-state index contributed by atoms with van der Waals surface area (Å²) in [6.45, 7) is 3.18. The van der Waals surface area contributed by atoms with Crippen molar-refractivity contribution in [2.75, 3.05) is 0 Å². The number of carbonyl (C=O) groups is 1. The second-order valence-corrected chi connectivity index (χ2v) is 7.51. The van der Waals surface area contributed by atoms with Crippen LogP contribution in [-0.4, -0.2) is 22.7 Å². The van der Waals surface area contributed by atoms with Crippen molar-refractivity contribution in [1.82, 2.24) is 10.3 Å². The fraction of sp³-hybridized carbons (Fsp3) is 0.300. The van der Waals surface area contributed by atoms with Gasteiger partial charge in [-0.25, -0.2) is 22.0 Å². The Bertz CT molecular complexity index is 710. The fourth-order valence-electron chi connectivity index (χ4n) is 1.14. The topological polar surface area (TPSA) is 135 Å². The van der Waals surface area contributed by atoms with E-state index in [9.17, 15) is 21.6 Å². The highest BCUT2D eigenvalue weighted by atomic mass is 32.2. The van der Waals surface area contributed by atoms with Gasteiger partial charge in [0.05, 0.1) is 9.79 Å². The van der Waals surface area contributed by atoms with Crippen LogP contribution in [0.2, 0.25) is 0 Å². The Morgan fingerprint density at radius 2 is 1.70 bits per heavy atom. The summed E-state index contributed by atoms with van der Waals surface area (Å²) in [4.78, 5) is 12.5. The minimum Gasteiger partial charge on any atom is -0.277 e. The molecule has 0 unspecified atom stereocenters. The molecule has 0 aromatic heterocycles. The van der Waals surface area contributed by atoms with Crippen molar-refractivity contribution in [2.24, 2.45) is 11.1 Å². The van der Waals surface area contributed by atoms with Crippen molar-refractivity contribution in [3.05, 3.63) is 24.3 Å². The van der Waals surface area contributed by atoms with Crippen LogP contribution < -0.4 is 15.4 Å². The van der Waals surface area contributed by atoms with E-state index in [1.807, 2.05) is 10.3 Å². The van der Waals surface area contributed by atoms with Crippen LogP contribution in [0.15, 0.2) is 34.1 Å². The third kappa shape index (κ3) is 4.27. The number of benzene rings is 1. The van der Waals surface area contributed by atoms with Crippen LogP contribution in [0.3, 0.4) is 0 Å². The maximum Gasteiger partial charge on any atom is 0.257 e. The van der Waals surface area contributed by atoms with Crippen LogP contribution >= 0.6 is 0 Å². The number of amides is 1. The molecule has 4 N–H and O–H groups in total. The smallest absolute Gasteiger partial charge is 0.257 e. The highest BCUT2D eigenvalue weighted by Gasteiger charge is 2.18. The highest BCUT2D eigenvalue weighted by Crippen LogP contribution is 2.14. The Morgan fingerprint density at radius 3 is 2.20 bits per heavy atom. The molecule has 0 fully saturated rings. The normalized spacial score (nSPS) is 12.4. The van der Waals surface area contributed by atoms with Gasteiger partial charge in [0.2, 0.25) is 15.9 Å². The van der Waals surface area contributed by atoms with Crippen LogP contribution in [0.5, 0.6) is 0 Å². The molecule has 1 amide bonds. The second kappa shape index (κ2) is 5.87. The number of hydrogen-bond acceptors (Lipinski definition) is 5. The molecule has 0 saturated heterocycles. The molecule has 0 spiro atoms. The van der Waals surface area contributed by atoms with E-state index < -0.39 is 31.9 Å². The van der Waals surface area contributed by atoms with Crippen LogP contribution in [0.25, 0.3) is 0 Å². The summed E-state index contributed by atoms with van der Waals surface area (Å²) in [7, 11) is -8.08. The summed E-state index contributed by atoms with van der Waals surface area (Å²) in [6.07, 6.45) is 0. The lowest BCUT2D eigenvalue weighted by molar-refractivity contribution is -0.124. The van der Waals surface area contributed by atoms with E-state index in [1.54, 1.807) is 13.8 Å². The molecule has 10 heteroatoms. The van der Waals surface area contributed by atoms with E-state index in [0.717, 1.165) is 6.07 Å². The number of rotatable bonds is 5. The van der Waals surface area contributed by atoms with Crippen LogP contribution in [-0.2, 0) is 24.8 Å². The SMILES string of the molecule is CC(C)C(=O)NNS(=O)(=O)c1cccc(S(N)(=O)=O)c1. The van der Waals surface area contributed by atoms with Crippen molar-refractivity contribution in [3.63, 3.8) is 0 Å². The number of sulfonamides is 2. The predicted octanol–water partition coefficient (Wildman–Crippen LogP) is -0.700. The molecule has 0 bridgehead atoms. The average Bonchev–Trinajstić information content (AvgIpc) is 2.35. The Labute approximate surface area is 117 Å². The van der Waals surface area contributed by atoms with Crippen molar-refractivity contribution in [1.29, 1.82) is 0 Å². The van der Waals surface area contributed by atoms with Gasteiger partial charge in [0.15, 0.2) is 0 Å². The van der Waals surface area contributed by atoms with Gasteiger partial charge < -0.3 is 0 Å². The molecule has 112 valence electrons. The van der Waals surface area contributed by atoms with Crippen LogP contribution in [0.4, 0.5) is 0 Å². The van der Waals surface area contributed by atoms with Gasteiger partial charge in [-0.1, -0.05) is 19.9 Å². The van der Waals surface area contributed by atoms with Crippen molar-refractivity contribution < 1.29 is 21.6 Å². The molecule has 0 heterocycles. The van der Waals surface area contributed by atoms with E-state index >= 15 is 0 Å². The quantitative estimate of drug-likeness (QED) is 0.616. The summed E-state index contributed by atoms with van der Waals surface area (Å²) >= 11 is 0. The molecule has 0 aliphatic carbocycles. The van der Waals surface area contributed by atoms with Crippen LogP contribution in [0, 0.1) is 5.92 Å². The van der Waals surface area contributed by atoms with E-state index in [2.05, 4.69) is 0 Å². The third-order valence-electron chi connectivity index (χ3n) is 2.28. The Kier molecular flexibility index (Phi) is 4.86. The van der Waals surface area contributed by atoms with Gasteiger partial charge in [0.1, 0.15) is 0 Å². The Morgan fingerprint density at radius 1 is 1.15 bits per heavy atom. The molecule has 1 aromatic rings. The lowest BCUT2D eigenvalue weighted by Crippen LogP contribution is -2.43. The monoisotopic (exact) mass is 321 g/mol. The lowest BCUT2D eigenvalue weighted by Gasteiger charge is -2.10. The third-order valence-corrected chi connectivity index (χ3v) is 4.43. The highest BCUT2D eigenvalue weighted by molar-refractivity contribution is 7.90. The Hall–Kier alpha value is -1.49. The zero-order valence-corrected chi connectivity index (χ0v) is 12.5. The summed E-state index contributed by atoms with van der Waals surface area (Å²) < 4.78 is 46.1. The molecule has 0 aliphatic rings. The van der Waals surface area contributed by atoms with E-state index in [4.69, 9.17) is 5.14 Å². The number of nitrogens with one attached hydrogen (secondary N) is 2. The van der Waals surface area contributed by atoms with Crippen molar-refractivity contribution >= 4 is 26.0 Å². The van der Waals surface area contributed by atoms with E-state index in [-0.39, 0.29) is 9.79 Å². The first-order chi connectivity index (χ1) is 9.04. The molecule has 8 nitrogen and oxygen atoms in total. The van der Waals surface area contributed by atoms with Crippen LogP contribution in [0.1, 0.15) is 13.8 Å². The van der Waals surface area contributed by atoms with Gasteiger partial charge in [-0.3, -0.25) is 10.2 Å². The largest absolute Gasteiger partial charge is 0.277 e. The standard InChI is InChI=1S/C10H15N3O5S2/c1-7(2)10(14)12-13-20(17,18)9-5-3-4-8(6-9)19(11,15)16/h3-7,13H,1-2H3,(H,12,14)(H2,11,15,16). The predicted molar refractivity (Wildman–Crippen MR) is 71.1 cm³/mol. The number of hydrazine groups is 1. The van der Waals surface area contributed by atoms with Gasteiger partial charge >= 0.3 is 0 Å². The van der Waals surface area contributed by atoms with Gasteiger partial charge in [0.25, 0.3) is 10.0 Å². The summed E-state index contributed by atoms with van der Waals surface area (Å²) in [5, 5.41) is 4.92. The maximum atomic E-state index is 11.9. The van der Waals surface area contributed by atoms with Gasteiger partial charge in [-0.2, -0.15) is 0 Å². The molecule has 0 saturated carbocycles. The zero-order valence-electron chi connectivity index (χ0n) is 10.8. The molecule has 1 rings (SSSR count). The minimum atomic E-state index is -4.07. The fourth-order valence-corrected chi connectivity index (χ4v) is 2.67. The zero-order chi connectivity index (χ0) is 15.6. The first-order valence-electron chi connectivity index (χ1n) is 5.48. The Balaban J connectivity index is 3.02. The lowest BCUT2D eigenvalue weighted by atomic mass is 10.2. The van der Waals surface area contributed by atoms with Gasteiger partial charge in [-0.15, -0.1) is 4.83 Å². The minimum absolute atomic E-state index is 0.326. The number of hydrogen-bond donors (Lipinski definition) is 3. The van der Waals surface area contributed by atoms with Crippen molar-refractivity contribution in [2.45, 2.75) is 23.6 Å². The first-order valence-corrected chi connectivity index (χ1v) is 8.51. The van der Waals surface area contributed by atoms with Crippen molar-refractivity contribution in [3.8, 4) is 0 Å². The molecular weight excluding hydrogens is 306 g/mol. The van der Waals surface area contributed by atoms with Gasteiger partial charge in [-0.05, 0) is 18.2 Å². The molecule has 20 heavy (non-hydrogen) atoms. The second-order valence-electron chi connectivity index (χ2n) is 4.27. The average molecular weight is 321 g/mol. The molecule has 0 aliphatic heterocycles.